The molecule has 3 rings (SSSR count). The van der Waals surface area contributed by atoms with E-state index in [0.29, 0.717) is 11.5 Å². The number of nitrogens with two attached hydrogens (primary N) is 1. The molecule has 1 aliphatic rings. The first-order valence-electron chi connectivity index (χ1n) is 7.24. The van der Waals surface area contributed by atoms with E-state index in [9.17, 15) is 10.2 Å². The average molecular weight is 302 g/mol. The molecule has 5 nitrogen and oxygen atoms in total. The highest BCUT2D eigenvalue weighted by Crippen LogP contribution is 2.39. The second-order valence-electron chi connectivity index (χ2n) is 5.37. The lowest BCUT2D eigenvalue weighted by Crippen LogP contribution is -2.87. The van der Waals surface area contributed by atoms with Crippen LogP contribution in [-0.4, -0.2) is 31.0 Å². The van der Waals surface area contributed by atoms with Crippen LogP contribution < -0.4 is 14.8 Å². The molecule has 0 bridgehead atoms. The molecule has 0 spiro atoms. The second-order valence-corrected chi connectivity index (χ2v) is 5.37. The van der Waals surface area contributed by atoms with E-state index in [2.05, 4.69) is 5.32 Å². The maximum absolute atomic E-state index is 9.85. The maximum atomic E-state index is 9.85. The Labute approximate surface area is 129 Å². The van der Waals surface area contributed by atoms with Gasteiger partial charge in [0.1, 0.15) is 6.04 Å². The molecule has 0 aliphatic carbocycles. The Morgan fingerprint density at radius 1 is 1.05 bits per heavy atom. The van der Waals surface area contributed by atoms with Crippen LogP contribution in [-0.2, 0) is 6.42 Å². The molecule has 0 amide bonds. The second kappa shape index (κ2) is 5.77. The zero-order valence-electron chi connectivity index (χ0n) is 12.7. The molecule has 5 heteroatoms. The molecule has 0 saturated carbocycles. The lowest BCUT2D eigenvalue weighted by molar-refractivity contribution is -0.690. The third kappa shape index (κ3) is 2.33. The smallest absolute Gasteiger partial charge is 0.170 e. The Hall–Kier alpha value is -2.40. The van der Waals surface area contributed by atoms with Crippen molar-refractivity contribution in [2.75, 3.05) is 20.8 Å². The van der Waals surface area contributed by atoms with Gasteiger partial charge in [0.05, 0.1) is 26.3 Å². The molecular formula is C17H20NO4+. The Bertz CT molecular complexity index is 699. The zero-order valence-corrected chi connectivity index (χ0v) is 12.7. The van der Waals surface area contributed by atoms with Crippen molar-refractivity contribution in [1.29, 1.82) is 0 Å². The molecule has 2 aromatic carbocycles. The standard InChI is InChI=1S/C17H19NO4/c1-21-15-5-3-4-11(17(15)22-2)16-12-9-14(20)13(19)8-10(12)6-7-18-16/h3-5,8-9,16,18-20H,6-7H2,1-2H3/p+1/t16-/m0/s1. The maximum Gasteiger partial charge on any atom is 0.170 e. The highest BCUT2D eigenvalue weighted by atomic mass is 16.5. The van der Waals surface area contributed by atoms with E-state index in [1.54, 1.807) is 26.4 Å². The van der Waals surface area contributed by atoms with Crippen LogP contribution in [0.5, 0.6) is 23.0 Å². The number of benzene rings is 2. The predicted molar refractivity (Wildman–Crippen MR) is 81.7 cm³/mol. The molecule has 1 heterocycles. The summed E-state index contributed by atoms with van der Waals surface area (Å²) >= 11 is 0. The van der Waals surface area contributed by atoms with Crippen LogP contribution in [0.25, 0.3) is 0 Å². The van der Waals surface area contributed by atoms with Gasteiger partial charge < -0.3 is 25.0 Å². The van der Waals surface area contributed by atoms with E-state index in [1.165, 1.54) is 0 Å². The summed E-state index contributed by atoms with van der Waals surface area (Å²) in [7, 11) is 3.24. The summed E-state index contributed by atoms with van der Waals surface area (Å²) in [6.07, 6.45) is 0.853. The summed E-state index contributed by atoms with van der Waals surface area (Å²) < 4.78 is 10.9. The molecule has 2 aromatic rings. The van der Waals surface area contributed by atoms with Crippen LogP contribution in [0.1, 0.15) is 22.7 Å². The normalized spacial score (nSPS) is 16.9. The first-order chi connectivity index (χ1) is 10.7. The fourth-order valence-corrected chi connectivity index (χ4v) is 3.13. The number of methoxy groups -OCH3 is 2. The molecule has 0 saturated heterocycles. The number of rotatable bonds is 3. The van der Waals surface area contributed by atoms with Gasteiger partial charge in [-0.05, 0) is 29.8 Å². The van der Waals surface area contributed by atoms with Gasteiger partial charge in [-0.2, -0.15) is 0 Å². The summed E-state index contributed by atoms with van der Waals surface area (Å²) in [6, 6.07) is 9.09. The molecule has 0 radical (unpaired) electrons. The molecule has 4 N–H and O–H groups in total. The van der Waals surface area contributed by atoms with E-state index in [4.69, 9.17) is 9.47 Å². The minimum atomic E-state index is -0.0964. The Kier molecular flexibility index (Phi) is 3.81. The first kappa shape index (κ1) is 14.5. The fraction of sp³-hybridized carbons (Fsp3) is 0.294. The van der Waals surface area contributed by atoms with Crippen LogP contribution in [0.15, 0.2) is 30.3 Å². The monoisotopic (exact) mass is 302 g/mol. The number of aromatic hydroxyl groups is 2. The predicted octanol–water partition coefficient (Wildman–Crippen LogP) is 1.32. The van der Waals surface area contributed by atoms with E-state index >= 15 is 0 Å². The van der Waals surface area contributed by atoms with Crippen molar-refractivity contribution in [3.05, 3.63) is 47.0 Å². The van der Waals surface area contributed by atoms with Crippen LogP contribution in [0, 0.1) is 0 Å². The highest BCUT2D eigenvalue weighted by Gasteiger charge is 2.30. The molecule has 116 valence electrons. The van der Waals surface area contributed by atoms with Crippen molar-refractivity contribution < 1.29 is 25.0 Å². The van der Waals surface area contributed by atoms with E-state index in [1.807, 2.05) is 18.2 Å². The van der Waals surface area contributed by atoms with E-state index in [-0.39, 0.29) is 17.5 Å². The molecule has 0 fully saturated rings. The van der Waals surface area contributed by atoms with Gasteiger partial charge in [0.25, 0.3) is 0 Å². The van der Waals surface area contributed by atoms with Gasteiger partial charge in [-0.3, -0.25) is 0 Å². The number of hydrogen-bond acceptors (Lipinski definition) is 4. The van der Waals surface area contributed by atoms with Gasteiger partial charge in [-0.15, -0.1) is 0 Å². The van der Waals surface area contributed by atoms with Crippen molar-refractivity contribution in [3.63, 3.8) is 0 Å². The van der Waals surface area contributed by atoms with Crippen LogP contribution in [0.2, 0.25) is 0 Å². The molecule has 1 atom stereocenters. The Morgan fingerprint density at radius 2 is 1.82 bits per heavy atom. The van der Waals surface area contributed by atoms with Crippen molar-refractivity contribution >= 4 is 0 Å². The van der Waals surface area contributed by atoms with Gasteiger partial charge in [-0.1, -0.05) is 6.07 Å². The zero-order chi connectivity index (χ0) is 15.7. The van der Waals surface area contributed by atoms with Gasteiger partial charge in [0.2, 0.25) is 0 Å². The van der Waals surface area contributed by atoms with Gasteiger partial charge in [0, 0.05) is 12.0 Å². The van der Waals surface area contributed by atoms with E-state index in [0.717, 1.165) is 29.7 Å². The summed E-state index contributed by atoms with van der Waals surface area (Å²) in [5.74, 6) is 1.22. The lowest BCUT2D eigenvalue weighted by atomic mass is 9.89. The lowest BCUT2D eigenvalue weighted by Gasteiger charge is -2.26. The first-order valence-corrected chi connectivity index (χ1v) is 7.24. The molecule has 22 heavy (non-hydrogen) atoms. The van der Waals surface area contributed by atoms with Crippen LogP contribution in [0.3, 0.4) is 0 Å². The minimum Gasteiger partial charge on any atom is -0.504 e. The molecule has 1 aliphatic heterocycles. The number of hydrogen-bond donors (Lipinski definition) is 3. The number of phenolic OH excluding ortho intramolecular Hbond substituents is 2. The molecule has 0 aromatic heterocycles. The van der Waals surface area contributed by atoms with Crippen LogP contribution in [0.4, 0.5) is 0 Å². The Balaban J connectivity index is 2.14. The average Bonchev–Trinajstić information content (AvgIpc) is 2.54. The largest absolute Gasteiger partial charge is 0.504 e. The number of fused-ring (bicyclic) bond motifs is 1. The number of quaternary nitrogens is 1. The third-order valence-corrected chi connectivity index (χ3v) is 4.16. The quantitative estimate of drug-likeness (QED) is 0.748. The van der Waals surface area contributed by atoms with Crippen molar-refractivity contribution in [1.82, 2.24) is 0 Å². The summed E-state index contributed by atoms with van der Waals surface area (Å²) in [4.78, 5) is 0. The Morgan fingerprint density at radius 3 is 2.55 bits per heavy atom. The number of phenols is 2. The van der Waals surface area contributed by atoms with Crippen molar-refractivity contribution in [3.8, 4) is 23.0 Å². The fourth-order valence-electron chi connectivity index (χ4n) is 3.13. The molecule has 0 unspecified atom stereocenters. The van der Waals surface area contributed by atoms with Crippen LogP contribution >= 0.6 is 0 Å². The number of para-hydroxylation sites is 1. The summed E-state index contributed by atoms with van der Waals surface area (Å²) in [6.45, 7) is 0.905. The highest BCUT2D eigenvalue weighted by molar-refractivity contribution is 5.54. The minimum absolute atomic E-state index is 0.000278. The number of ether oxygens (including phenoxy) is 2. The van der Waals surface area contributed by atoms with E-state index < -0.39 is 0 Å². The SMILES string of the molecule is COc1cccc([C@@H]2[NH2+]CCc3cc(O)c(O)cc32)c1OC. The van der Waals surface area contributed by atoms with Crippen molar-refractivity contribution in [2.24, 2.45) is 0 Å². The van der Waals surface area contributed by atoms with Gasteiger partial charge in [-0.25, -0.2) is 0 Å². The summed E-state index contributed by atoms with van der Waals surface area (Å²) in [5.41, 5.74) is 3.04. The van der Waals surface area contributed by atoms with Gasteiger partial charge >= 0.3 is 0 Å². The van der Waals surface area contributed by atoms with Gasteiger partial charge in [0.15, 0.2) is 23.0 Å². The molecular weight excluding hydrogens is 282 g/mol. The topological polar surface area (TPSA) is 75.5 Å². The third-order valence-electron chi connectivity index (χ3n) is 4.16. The summed E-state index contributed by atoms with van der Waals surface area (Å²) in [5, 5.41) is 21.8. The van der Waals surface area contributed by atoms with Crippen molar-refractivity contribution in [2.45, 2.75) is 12.5 Å².